The summed E-state index contributed by atoms with van der Waals surface area (Å²) in [6.45, 7) is 17.3. The van der Waals surface area contributed by atoms with E-state index in [0.29, 0.717) is 23.9 Å². The zero-order chi connectivity index (χ0) is 19.8. The lowest BCUT2D eigenvalue weighted by Crippen LogP contribution is -2.48. The summed E-state index contributed by atoms with van der Waals surface area (Å²) >= 11 is 0. The van der Waals surface area contributed by atoms with Crippen LogP contribution in [0, 0.1) is 0 Å². The third kappa shape index (κ3) is 4.32. The lowest BCUT2D eigenvalue weighted by atomic mass is 9.89. The van der Waals surface area contributed by atoms with E-state index in [1.54, 1.807) is 4.31 Å². The van der Waals surface area contributed by atoms with Crippen molar-refractivity contribution in [1.29, 1.82) is 0 Å². The van der Waals surface area contributed by atoms with Gasteiger partial charge in [-0.2, -0.15) is 4.31 Å². The van der Waals surface area contributed by atoms with Crippen molar-refractivity contribution in [2.24, 2.45) is 0 Å². The molecule has 0 aromatic heterocycles. The third-order valence-corrected chi connectivity index (χ3v) is 7.03. The summed E-state index contributed by atoms with van der Waals surface area (Å²) in [6, 6.07) is 4.20. The van der Waals surface area contributed by atoms with Gasteiger partial charge in [-0.1, -0.05) is 53.7 Å². The number of morpholine rings is 1. The Labute approximate surface area is 160 Å². The van der Waals surface area contributed by atoms with E-state index in [1.165, 1.54) is 5.56 Å². The van der Waals surface area contributed by atoms with Crippen LogP contribution in [-0.2, 0) is 14.8 Å². The molecule has 0 unspecified atom stereocenters. The Balaban J connectivity index is 2.69. The molecular formula is C21H35NO3S. The molecule has 1 saturated heterocycles. The number of nitrogens with zero attached hydrogens (tertiary/aromatic N) is 1. The number of benzene rings is 1. The molecular weight excluding hydrogens is 346 g/mol. The van der Waals surface area contributed by atoms with E-state index in [1.807, 2.05) is 13.8 Å². The fraction of sp³-hybridized carbons (Fsp3) is 0.714. The summed E-state index contributed by atoms with van der Waals surface area (Å²) in [4.78, 5) is 0.521. The van der Waals surface area contributed by atoms with E-state index in [9.17, 15) is 8.42 Å². The largest absolute Gasteiger partial charge is 0.373 e. The number of ether oxygens (including phenoxy) is 1. The molecule has 1 heterocycles. The third-order valence-electron chi connectivity index (χ3n) is 5.06. The van der Waals surface area contributed by atoms with E-state index in [4.69, 9.17) is 4.74 Å². The van der Waals surface area contributed by atoms with Gasteiger partial charge in [-0.25, -0.2) is 8.42 Å². The van der Waals surface area contributed by atoms with Crippen LogP contribution in [0.4, 0.5) is 0 Å². The van der Waals surface area contributed by atoms with Gasteiger partial charge < -0.3 is 4.74 Å². The molecule has 0 bridgehead atoms. The van der Waals surface area contributed by atoms with E-state index in [-0.39, 0.29) is 24.0 Å². The van der Waals surface area contributed by atoms with Gasteiger partial charge >= 0.3 is 0 Å². The molecule has 0 spiro atoms. The highest BCUT2D eigenvalue weighted by Gasteiger charge is 2.36. The van der Waals surface area contributed by atoms with Gasteiger partial charge in [0.05, 0.1) is 17.1 Å². The Kier molecular flexibility index (Phi) is 6.57. The maximum atomic E-state index is 13.7. The first kappa shape index (κ1) is 21.4. The molecule has 4 nitrogen and oxygen atoms in total. The predicted molar refractivity (Wildman–Crippen MR) is 107 cm³/mol. The van der Waals surface area contributed by atoms with E-state index in [0.717, 1.165) is 11.1 Å². The minimum Gasteiger partial charge on any atom is -0.373 e. The molecule has 0 saturated carbocycles. The molecule has 1 fully saturated rings. The number of hydrogen-bond donors (Lipinski definition) is 0. The van der Waals surface area contributed by atoms with Crippen molar-refractivity contribution in [3.8, 4) is 0 Å². The van der Waals surface area contributed by atoms with Crippen LogP contribution in [0.25, 0.3) is 0 Å². The van der Waals surface area contributed by atoms with Gasteiger partial charge in [0.15, 0.2) is 0 Å². The average Bonchev–Trinajstić information content (AvgIpc) is 2.52. The standard InChI is InChI=1S/C21H35NO3S/c1-13(2)18-9-19(14(3)4)21(20(10-18)15(5)6)26(23,24)22-11-16(7)25-17(8)12-22/h9-10,13-17H,11-12H2,1-8H3/t16-,17-/m0/s1. The molecule has 0 N–H and O–H groups in total. The molecule has 1 aromatic carbocycles. The van der Waals surface area contributed by atoms with Gasteiger partial charge in [-0.05, 0) is 48.3 Å². The molecule has 0 aliphatic carbocycles. The second-order valence-corrected chi connectivity index (χ2v) is 10.4. The second-order valence-electron chi connectivity index (χ2n) is 8.57. The Morgan fingerprint density at radius 2 is 1.31 bits per heavy atom. The lowest BCUT2D eigenvalue weighted by molar-refractivity contribution is -0.0441. The Morgan fingerprint density at radius 3 is 1.65 bits per heavy atom. The van der Waals surface area contributed by atoms with Crippen molar-refractivity contribution < 1.29 is 13.2 Å². The van der Waals surface area contributed by atoms with Crippen molar-refractivity contribution in [3.05, 3.63) is 28.8 Å². The molecule has 1 aliphatic rings. The minimum absolute atomic E-state index is 0.0894. The van der Waals surface area contributed by atoms with Gasteiger partial charge in [-0.3, -0.25) is 0 Å². The fourth-order valence-electron chi connectivity index (χ4n) is 3.64. The van der Waals surface area contributed by atoms with Crippen molar-refractivity contribution in [2.75, 3.05) is 13.1 Å². The van der Waals surface area contributed by atoms with Crippen LogP contribution in [0.5, 0.6) is 0 Å². The smallest absolute Gasteiger partial charge is 0.243 e. The van der Waals surface area contributed by atoms with Crippen LogP contribution in [-0.4, -0.2) is 38.0 Å². The first-order chi connectivity index (χ1) is 11.9. The first-order valence-electron chi connectivity index (χ1n) is 9.78. The van der Waals surface area contributed by atoms with E-state index in [2.05, 4.69) is 53.7 Å². The molecule has 0 amide bonds. The van der Waals surface area contributed by atoms with Crippen LogP contribution in [0.3, 0.4) is 0 Å². The van der Waals surface area contributed by atoms with Crippen LogP contribution >= 0.6 is 0 Å². The van der Waals surface area contributed by atoms with E-state index >= 15 is 0 Å². The average molecular weight is 382 g/mol. The van der Waals surface area contributed by atoms with Crippen molar-refractivity contribution in [3.63, 3.8) is 0 Å². The minimum atomic E-state index is -3.57. The molecule has 2 rings (SSSR count). The predicted octanol–water partition coefficient (Wildman–Crippen LogP) is 4.85. The quantitative estimate of drug-likeness (QED) is 0.732. The molecule has 5 heteroatoms. The van der Waals surface area contributed by atoms with Crippen molar-refractivity contribution in [2.45, 2.75) is 90.2 Å². The monoisotopic (exact) mass is 381 g/mol. The Bertz CT molecular complexity index is 699. The second kappa shape index (κ2) is 7.99. The Hall–Kier alpha value is -0.910. The van der Waals surface area contributed by atoms with Gasteiger partial charge in [0.2, 0.25) is 10.0 Å². The lowest BCUT2D eigenvalue weighted by Gasteiger charge is -2.36. The van der Waals surface area contributed by atoms with Gasteiger partial charge in [-0.15, -0.1) is 0 Å². The highest BCUT2D eigenvalue weighted by molar-refractivity contribution is 7.89. The maximum absolute atomic E-state index is 13.7. The van der Waals surface area contributed by atoms with Crippen LogP contribution in [0.15, 0.2) is 17.0 Å². The van der Waals surface area contributed by atoms with Gasteiger partial charge in [0.1, 0.15) is 0 Å². The SMILES string of the molecule is CC(C)c1cc(C(C)C)c(S(=O)(=O)N2C[C@H](C)O[C@@H](C)C2)c(C(C)C)c1. The fourth-order valence-corrected chi connectivity index (χ4v) is 5.90. The highest BCUT2D eigenvalue weighted by atomic mass is 32.2. The van der Waals surface area contributed by atoms with Crippen LogP contribution < -0.4 is 0 Å². The molecule has 26 heavy (non-hydrogen) atoms. The number of hydrogen-bond acceptors (Lipinski definition) is 3. The van der Waals surface area contributed by atoms with E-state index < -0.39 is 10.0 Å². The summed E-state index contributed by atoms with van der Waals surface area (Å²) in [5.41, 5.74) is 3.08. The molecule has 148 valence electrons. The van der Waals surface area contributed by atoms with Crippen molar-refractivity contribution >= 4 is 10.0 Å². The maximum Gasteiger partial charge on any atom is 0.243 e. The summed E-state index contributed by atoms with van der Waals surface area (Å²) in [6.07, 6.45) is -0.179. The molecule has 2 atom stereocenters. The zero-order valence-electron chi connectivity index (χ0n) is 17.5. The Morgan fingerprint density at radius 1 is 0.885 bits per heavy atom. The first-order valence-corrected chi connectivity index (χ1v) is 11.2. The van der Waals surface area contributed by atoms with Crippen LogP contribution in [0.1, 0.15) is 89.8 Å². The normalized spacial score (nSPS) is 22.6. The molecule has 1 aliphatic heterocycles. The number of rotatable bonds is 5. The van der Waals surface area contributed by atoms with Crippen LogP contribution in [0.2, 0.25) is 0 Å². The van der Waals surface area contributed by atoms with Gasteiger partial charge in [0, 0.05) is 13.1 Å². The molecule has 1 aromatic rings. The number of sulfonamides is 1. The topological polar surface area (TPSA) is 46.6 Å². The van der Waals surface area contributed by atoms with Gasteiger partial charge in [0.25, 0.3) is 0 Å². The summed E-state index contributed by atoms with van der Waals surface area (Å²) in [5, 5.41) is 0. The van der Waals surface area contributed by atoms with Crippen molar-refractivity contribution in [1.82, 2.24) is 4.31 Å². The highest BCUT2D eigenvalue weighted by Crippen LogP contribution is 2.37. The summed E-state index contributed by atoms with van der Waals surface area (Å²) in [5.74, 6) is 0.656. The summed E-state index contributed by atoms with van der Waals surface area (Å²) < 4.78 is 34.7. The zero-order valence-corrected chi connectivity index (χ0v) is 18.4. The molecule has 0 radical (unpaired) electrons. The summed E-state index contributed by atoms with van der Waals surface area (Å²) in [7, 11) is -3.57.